The van der Waals surface area contributed by atoms with Gasteiger partial charge in [-0.1, -0.05) is 26.8 Å². The van der Waals surface area contributed by atoms with Crippen LogP contribution in [0.15, 0.2) is 35.3 Å². The van der Waals surface area contributed by atoms with Crippen LogP contribution >= 0.6 is 0 Å². The number of H-pyrrole nitrogens is 1. The molecule has 0 radical (unpaired) electrons. The first-order valence-corrected chi connectivity index (χ1v) is 11.8. The number of halogens is 2. The van der Waals surface area contributed by atoms with Crippen LogP contribution in [0, 0.1) is 23.0 Å². The highest BCUT2D eigenvalue weighted by Gasteiger charge is 2.37. The number of aromatic amines is 1. The van der Waals surface area contributed by atoms with E-state index in [1.807, 2.05) is 0 Å². The second-order valence-electron chi connectivity index (χ2n) is 10.7. The fraction of sp³-hybridized carbons (Fsp3) is 0.444. The molecule has 1 aliphatic carbocycles. The number of ether oxygens (including phenoxy) is 1. The topological polar surface area (TPSA) is 98.1 Å². The van der Waals surface area contributed by atoms with Crippen molar-refractivity contribution in [3.05, 3.63) is 69.3 Å². The Morgan fingerprint density at radius 1 is 1.20 bits per heavy atom. The molecule has 1 aliphatic rings. The summed E-state index contributed by atoms with van der Waals surface area (Å²) in [5, 5.41) is 0.145. The summed E-state index contributed by atoms with van der Waals surface area (Å²) in [6.07, 6.45) is 4.85. The Kier molecular flexibility index (Phi) is 6.66. The number of fused-ring (bicyclic) bond motifs is 1. The number of carbonyl (C=O) groups is 1. The van der Waals surface area contributed by atoms with Crippen LogP contribution in [0.1, 0.15) is 80.0 Å². The molecule has 2 heterocycles. The summed E-state index contributed by atoms with van der Waals surface area (Å²) in [6.45, 7) is 6.58. The largest absolute Gasteiger partial charge is 0.493 e. The van der Waals surface area contributed by atoms with Gasteiger partial charge >= 0.3 is 0 Å². The number of pyridine rings is 2. The minimum Gasteiger partial charge on any atom is -0.493 e. The number of nitrogens with one attached hydrogen (secondary N) is 1. The van der Waals surface area contributed by atoms with E-state index in [4.69, 9.17) is 10.5 Å². The van der Waals surface area contributed by atoms with E-state index in [0.29, 0.717) is 22.7 Å². The number of hydrogen-bond acceptors (Lipinski definition) is 4. The average molecular weight is 484 g/mol. The van der Waals surface area contributed by atoms with E-state index in [2.05, 4.69) is 30.7 Å². The van der Waals surface area contributed by atoms with Gasteiger partial charge in [0, 0.05) is 29.4 Å². The van der Waals surface area contributed by atoms with Crippen molar-refractivity contribution in [1.29, 1.82) is 0 Å². The smallest absolute Gasteiger partial charge is 0.268 e. The van der Waals surface area contributed by atoms with Gasteiger partial charge in [-0.15, -0.1) is 0 Å². The first-order valence-electron chi connectivity index (χ1n) is 11.8. The van der Waals surface area contributed by atoms with Crippen molar-refractivity contribution < 1.29 is 18.3 Å². The number of primary amides is 1. The first kappa shape index (κ1) is 24.8. The fourth-order valence-corrected chi connectivity index (χ4v) is 5.68. The molecule has 1 amide bonds. The predicted octanol–water partition coefficient (Wildman–Crippen LogP) is 5.41. The molecule has 8 heteroatoms. The molecule has 2 aromatic heterocycles. The Bertz CT molecular complexity index is 1330. The van der Waals surface area contributed by atoms with Gasteiger partial charge in [-0.25, -0.2) is 4.39 Å². The van der Waals surface area contributed by atoms with Crippen LogP contribution in [0.4, 0.5) is 8.78 Å². The third-order valence-corrected chi connectivity index (χ3v) is 6.94. The summed E-state index contributed by atoms with van der Waals surface area (Å²) in [6, 6.07) is 5.82. The molecule has 6 nitrogen and oxygen atoms in total. The lowest BCUT2D eigenvalue weighted by Gasteiger charge is -2.39. The summed E-state index contributed by atoms with van der Waals surface area (Å²) in [4.78, 5) is 32.2. The molecule has 3 aromatic rings. The highest BCUT2D eigenvalue weighted by Crippen LogP contribution is 2.50. The molecule has 0 aliphatic heterocycles. The lowest BCUT2D eigenvalue weighted by molar-refractivity contribution is 0.0997. The van der Waals surface area contributed by atoms with E-state index in [9.17, 15) is 18.4 Å². The molecule has 0 bridgehead atoms. The third-order valence-electron chi connectivity index (χ3n) is 6.94. The number of rotatable bonds is 5. The van der Waals surface area contributed by atoms with Crippen LogP contribution in [0.2, 0.25) is 0 Å². The SMILES string of the molecule is COc1c([C@@H]2CC(CC(C)(C)C)CCC2c2cc(=O)c3c(C(N)=O)nccc3[nH]2)ccc(F)c1F. The summed E-state index contributed by atoms with van der Waals surface area (Å²) in [5.41, 5.74) is 6.82. The number of nitrogens with two attached hydrogens (primary N) is 1. The Labute approximate surface area is 202 Å². The van der Waals surface area contributed by atoms with Crippen molar-refractivity contribution in [1.82, 2.24) is 9.97 Å². The van der Waals surface area contributed by atoms with Crippen molar-refractivity contribution in [2.75, 3.05) is 7.11 Å². The number of amides is 1. The zero-order valence-electron chi connectivity index (χ0n) is 20.5. The van der Waals surface area contributed by atoms with Crippen LogP contribution in [-0.4, -0.2) is 23.0 Å². The quantitative estimate of drug-likeness (QED) is 0.507. The number of methoxy groups -OCH3 is 1. The van der Waals surface area contributed by atoms with Crippen molar-refractivity contribution >= 4 is 16.8 Å². The monoisotopic (exact) mass is 483 g/mol. The molecule has 1 saturated carbocycles. The Morgan fingerprint density at radius 2 is 1.94 bits per heavy atom. The molecule has 186 valence electrons. The molecule has 3 N–H and O–H groups in total. The molecule has 1 fully saturated rings. The molecule has 35 heavy (non-hydrogen) atoms. The normalized spacial score (nSPS) is 20.7. The first-order chi connectivity index (χ1) is 16.5. The van der Waals surface area contributed by atoms with E-state index in [1.165, 1.54) is 19.4 Å². The van der Waals surface area contributed by atoms with E-state index >= 15 is 0 Å². The number of benzene rings is 1. The van der Waals surface area contributed by atoms with Crippen molar-refractivity contribution in [2.24, 2.45) is 17.1 Å². The summed E-state index contributed by atoms with van der Waals surface area (Å²) >= 11 is 0. The van der Waals surface area contributed by atoms with Gasteiger partial charge in [0.05, 0.1) is 18.0 Å². The molecule has 1 aromatic carbocycles. The molecule has 3 atom stereocenters. The van der Waals surface area contributed by atoms with E-state index in [1.54, 1.807) is 12.1 Å². The van der Waals surface area contributed by atoms with Gasteiger partial charge in [0.25, 0.3) is 5.91 Å². The van der Waals surface area contributed by atoms with Crippen LogP contribution in [0.3, 0.4) is 0 Å². The summed E-state index contributed by atoms with van der Waals surface area (Å²) < 4.78 is 34.0. The average Bonchev–Trinajstić information content (AvgIpc) is 2.79. The maximum atomic E-state index is 14.7. The minimum absolute atomic E-state index is 0.0805. The van der Waals surface area contributed by atoms with Gasteiger partial charge in [-0.2, -0.15) is 4.39 Å². The molecule has 0 saturated heterocycles. The summed E-state index contributed by atoms with van der Waals surface area (Å²) in [5.74, 6) is -2.83. The standard InChI is InChI=1S/C27H31F2N3O3/c1-27(2,3)13-14-5-6-15(17(11-14)16-7-8-18(28)23(29)25(16)35-4)20-12-21(33)22-19(32-20)9-10-31-24(22)26(30)34/h7-10,12,14-15,17H,5-6,11,13H2,1-4H3,(H2,30,34)(H,32,33)/t14?,15?,17-/m1/s1. The van der Waals surface area contributed by atoms with Crippen LogP contribution in [0.5, 0.6) is 5.75 Å². The lowest BCUT2D eigenvalue weighted by Crippen LogP contribution is -2.27. The Morgan fingerprint density at radius 3 is 2.60 bits per heavy atom. The maximum Gasteiger partial charge on any atom is 0.268 e. The van der Waals surface area contributed by atoms with E-state index in [0.717, 1.165) is 31.7 Å². The van der Waals surface area contributed by atoms with E-state index in [-0.39, 0.29) is 39.5 Å². The zero-order chi connectivity index (χ0) is 25.5. The lowest BCUT2D eigenvalue weighted by atomic mass is 9.66. The van der Waals surface area contributed by atoms with Gasteiger partial charge in [-0.05, 0) is 55.1 Å². The highest BCUT2D eigenvalue weighted by molar-refractivity contribution is 6.03. The molecule has 4 rings (SSSR count). The van der Waals surface area contributed by atoms with Crippen LogP contribution in [0.25, 0.3) is 10.9 Å². The van der Waals surface area contributed by atoms with Gasteiger partial charge < -0.3 is 15.5 Å². The molecule has 2 unspecified atom stereocenters. The predicted molar refractivity (Wildman–Crippen MR) is 131 cm³/mol. The number of aromatic nitrogens is 2. The maximum absolute atomic E-state index is 14.7. The number of nitrogens with zero attached hydrogens (tertiary/aromatic N) is 1. The molecule has 0 spiro atoms. The van der Waals surface area contributed by atoms with E-state index < -0.39 is 17.5 Å². The minimum atomic E-state index is -1.01. The number of carbonyl (C=O) groups excluding carboxylic acids is 1. The van der Waals surface area contributed by atoms with Gasteiger partial charge in [-0.3, -0.25) is 14.6 Å². The Balaban J connectivity index is 1.84. The fourth-order valence-electron chi connectivity index (χ4n) is 5.68. The van der Waals surface area contributed by atoms with Crippen molar-refractivity contribution in [3.63, 3.8) is 0 Å². The van der Waals surface area contributed by atoms with Gasteiger partial charge in [0.2, 0.25) is 5.82 Å². The second-order valence-corrected chi connectivity index (χ2v) is 10.7. The molecular weight excluding hydrogens is 452 g/mol. The number of hydrogen-bond donors (Lipinski definition) is 2. The Hall–Kier alpha value is -3.29. The van der Waals surface area contributed by atoms with Crippen molar-refractivity contribution in [2.45, 2.75) is 58.3 Å². The van der Waals surface area contributed by atoms with Gasteiger partial charge in [0.15, 0.2) is 17.0 Å². The highest BCUT2D eigenvalue weighted by atomic mass is 19.2. The second kappa shape index (κ2) is 9.40. The third kappa shape index (κ3) is 4.92. The van der Waals surface area contributed by atoms with Crippen LogP contribution < -0.4 is 15.9 Å². The van der Waals surface area contributed by atoms with Gasteiger partial charge in [0.1, 0.15) is 5.69 Å². The zero-order valence-corrected chi connectivity index (χ0v) is 20.5. The van der Waals surface area contributed by atoms with Crippen LogP contribution in [-0.2, 0) is 0 Å². The van der Waals surface area contributed by atoms with Crippen molar-refractivity contribution in [3.8, 4) is 5.75 Å². The molecular formula is C27H31F2N3O3. The summed E-state index contributed by atoms with van der Waals surface area (Å²) in [7, 11) is 1.34.